The number of halogens is 2. The van der Waals surface area contributed by atoms with Crippen LogP contribution in [0, 0.1) is 24.5 Å². The van der Waals surface area contributed by atoms with Gasteiger partial charge in [-0.1, -0.05) is 0 Å². The van der Waals surface area contributed by atoms with Gasteiger partial charge in [-0.3, -0.25) is 19.7 Å². The predicted octanol–water partition coefficient (Wildman–Crippen LogP) is 3.96. The predicted molar refractivity (Wildman–Crippen MR) is 139 cm³/mol. The van der Waals surface area contributed by atoms with Crippen LogP contribution < -0.4 is 15.8 Å². The average Bonchev–Trinajstić information content (AvgIpc) is 3.36. The second-order valence-electron chi connectivity index (χ2n) is 9.22. The number of likely N-dealkylation sites (tertiary alicyclic amines) is 1. The molecule has 39 heavy (non-hydrogen) atoms. The van der Waals surface area contributed by atoms with Gasteiger partial charge in [-0.25, -0.2) is 14.4 Å². The SMILES string of the molecule is Cc1cc(Nc2nccn3c(-c4ccc(OCN)c(F)c4F)cnc23)ccc1C(=O)N1CCC(C(=O)O)CC1. The first kappa shape index (κ1) is 26.0. The van der Waals surface area contributed by atoms with Crippen LogP contribution in [0.1, 0.15) is 28.8 Å². The molecule has 1 saturated heterocycles. The van der Waals surface area contributed by atoms with E-state index in [-0.39, 0.29) is 24.0 Å². The third-order valence-corrected chi connectivity index (χ3v) is 6.84. The zero-order valence-electron chi connectivity index (χ0n) is 21.0. The van der Waals surface area contributed by atoms with Crippen molar-refractivity contribution in [2.45, 2.75) is 19.8 Å². The average molecular weight is 537 g/mol. The number of hydrogen-bond acceptors (Lipinski definition) is 7. The maximum absolute atomic E-state index is 14.8. The van der Waals surface area contributed by atoms with Crippen LogP contribution in [-0.4, -0.2) is 56.1 Å². The van der Waals surface area contributed by atoms with E-state index in [0.29, 0.717) is 54.3 Å². The highest BCUT2D eigenvalue weighted by molar-refractivity contribution is 5.96. The van der Waals surface area contributed by atoms with Gasteiger partial charge in [0, 0.05) is 42.3 Å². The molecule has 3 heterocycles. The second kappa shape index (κ2) is 10.7. The summed E-state index contributed by atoms with van der Waals surface area (Å²) >= 11 is 0. The number of aryl methyl sites for hydroxylation is 1. The smallest absolute Gasteiger partial charge is 0.306 e. The molecule has 0 saturated carbocycles. The third-order valence-electron chi connectivity index (χ3n) is 6.84. The molecule has 1 amide bonds. The van der Waals surface area contributed by atoms with Crippen molar-refractivity contribution in [3.8, 4) is 17.0 Å². The summed E-state index contributed by atoms with van der Waals surface area (Å²) in [6.07, 6.45) is 5.38. The number of amides is 1. The van der Waals surface area contributed by atoms with E-state index in [1.807, 2.05) is 6.92 Å². The number of fused-ring (bicyclic) bond motifs is 1. The lowest BCUT2D eigenvalue weighted by Crippen LogP contribution is -2.40. The third kappa shape index (κ3) is 4.98. The van der Waals surface area contributed by atoms with E-state index >= 15 is 0 Å². The first-order valence-electron chi connectivity index (χ1n) is 12.3. The van der Waals surface area contributed by atoms with Crippen molar-refractivity contribution in [1.82, 2.24) is 19.3 Å². The summed E-state index contributed by atoms with van der Waals surface area (Å²) < 4.78 is 35.8. The van der Waals surface area contributed by atoms with Gasteiger partial charge in [0.1, 0.15) is 6.73 Å². The molecule has 2 aromatic carbocycles. The molecule has 202 valence electrons. The molecule has 0 atom stereocenters. The number of aliphatic carboxylic acids is 1. The summed E-state index contributed by atoms with van der Waals surface area (Å²) in [7, 11) is 0. The van der Waals surface area contributed by atoms with Gasteiger partial charge in [-0.15, -0.1) is 0 Å². The summed E-state index contributed by atoms with van der Waals surface area (Å²) in [5.41, 5.74) is 7.88. The van der Waals surface area contributed by atoms with Gasteiger partial charge < -0.3 is 20.1 Å². The second-order valence-corrected chi connectivity index (χ2v) is 9.22. The molecule has 10 nitrogen and oxygen atoms in total. The van der Waals surface area contributed by atoms with Gasteiger partial charge in [0.2, 0.25) is 5.82 Å². The van der Waals surface area contributed by atoms with E-state index < -0.39 is 23.5 Å². The summed E-state index contributed by atoms with van der Waals surface area (Å²) in [4.78, 5) is 34.6. The highest BCUT2D eigenvalue weighted by Crippen LogP contribution is 2.32. The number of carboxylic acid groups (broad SMARTS) is 1. The first-order valence-corrected chi connectivity index (χ1v) is 12.3. The number of piperidine rings is 1. The minimum Gasteiger partial charge on any atom is -0.481 e. The lowest BCUT2D eigenvalue weighted by atomic mass is 9.96. The Morgan fingerprint density at radius 2 is 1.92 bits per heavy atom. The number of benzene rings is 2. The zero-order valence-corrected chi connectivity index (χ0v) is 21.0. The molecule has 1 aliphatic rings. The summed E-state index contributed by atoms with van der Waals surface area (Å²) in [5, 5.41) is 12.4. The molecule has 5 rings (SSSR count). The van der Waals surface area contributed by atoms with E-state index in [9.17, 15) is 23.5 Å². The molecule has 12 heteroatoms. The van der Waals surface area contributed by atoms with Crippen molar-refractivity contribution in [3.63, 3.8) is 0 Å². The van der Waals surface area contributed by atoms with E-state index in [1.165, 1.54) is 24.5 Å². The largest absolute Gasteiger partial charge is 0.481 e. The molecular weight excluding hydrogens is 510 g/mol. The Bertz CT molecular complexity index is 1570. The number of carboxylic acids is 1. The van der Waals surface area contributed by atoms with Crippen LogP contribution in [0.4, 0.5) is 20.3 Å². The number of hydrogen-bond donors (Lipinski definition) is 3. The van der Waals surface area contributed by atoms with E-state index in [2.05, 4.69) is 15.3 Å². The fourth-order valence-corrected chi connectivity index (χ4v) is 4.76. The van der Waals surface area contributed by atoms with Crippen LogP contribution >= 0.6 is 0 Å². The van der Waals surface area contributed by atoms with Gasteiger partial charge in [0.15, 0.2) is 23.0 Å². The topological polar surface area (TPSA) is 135 Å². The Morgan fingerprint density at radius 3 is 2.62 bits per heavy atom. The van der Waals surface area contributed by atoms with Crippen molar-refractivity contribution >= 4 is 29.0 Å². The molecular formula is C27H26F2N6O4. The Kier molecular flexibility index (Phi) is 7.11. The number of carbonyl (C=O) groups excluding carboxylic acids is 1. The van der Waals surface area contributed by atoms with Gasteiger partial charge in [-0.05, 0) is 55.7 Å². The fraction of sp³-hybridized carbons (Fsp3) is 0.259. The highest BCUT2D eigenvalue weighted by atomic mass is 19.2. The summed E-state index contributed by atoms with van der Waals surface area (Å²) in [5.74, 6) is -3.51. The number of nitrogens with two attached hydrogens (primary N) is 1. The molecule has 0 radical (unpaired) electrons. The molecule has 0 spiro atoms. The van der Waals surface area contributed by atoms with Crippen molar-refractivity contribution in [1.29, 1.82) is 0 Å². The molecule has 1 fully saturated rings. The Balaban J connectivity index is 1.37. The molecule has 1 aliphatic heterocycles. The quantitative estimate of drug-likeness (QED) is 0.302. The number of nitrogens with zero attached hydrogens (tertiary/aromatic N) is 4. The lowest BCUT2D eigenvalue weighted by Gasteiger charge is -2.30. The van der Waals surface area contributed by atoms with Crippen molar-refractivity contribution < 1.29 is 28.2 Å². The van der Waals surface area contributed by atoms with Crippen LogP contribution in [0.5, 0.6) is 5.75 Å². The minimum absolute atomic E-state index is 0.00683. The van der Waals surface area contributed by atoms with E-state index in [0.717, 1.165) is 5.56 Å². The van der Waals surface area contributed by atoms with Gasteiger partial charge in [0.05, 0.1) is 17.8 Å². The standard InChI is InChI=1S/C27H26F2N6O4/c1-15-12-17(2-3-18(15)26(36)34-9-6-16(7-10-34)27(37)38)33-24-25-32-13-20(35(25)11-8-31-24)19-4-5-21(39-14-30)23(29)22(19)28/h2-5,8,11-13,16H,6-7,9-10,14,30H2,1H3,(H,31,33)(H,37,38). The van der Waals surface area contributed by atoms with Gasteiger partial charge in [-0.2, -0.15) is 4.39 Å². The molecule has 0 bridgehead atoms. The van der Waals surface area contributed by atoms with Gasteiger partial charge in [0.25, 0.3) is 5.91 Å². The number of imidazole rings is 1. The normalized spacial score (nSPS) is 14.0. The summed E-state index contributed by atoms with van der Waals surface area (Å²) in [6.45, 7) is 2.33. The van der Waals surface area contributed by atoms with Crippen molar-refractivity contribution in [2.75, 3.05) is 25.1 Å². The van der Waals surface area contributed by atoms with Crippen LogP contribution in [0.2, 0.25) is 0 Å². The molecule has 4 N–H and O–H groups in total. The number of nitrogens with one attached hydrogen (secondary N) is 1. The number of carbonyl (C=O) groups is 2. The molecule has 0 unspecified atom stereocenters. The van der Waals surface area contributed by atoms with E-state index in [1.54, 1.807) is 33.7 Å². The maximum Gasteiger partial charge on any atom is 0.306 e. The zero-order chi connectivity index (χ0) is 27.7. The van der Waals surface area contributed by atoms with Crippen molar-refractivity contribution in [2.24, 2.45) is 11.7 Å². The number of rotatable bonds is 7. The van der Waals surface area contributed by atoms with Crippen molar-refractivity contribution in [3.05, 3.63) is 71.7 Å². The summed E-state index contributed by atoms with van der Waals surface area (Å²) in [6, 6.07) is 7.95. The first-order chi connectivity index (χ1) is 18.8. The Morgan fingerprint density at radius 1 is 1.15 bits per heavy atom. The highest BCUT2D eigenvalue weighted by Gasteiger charge is 2.28. The van der Waals surface area contributed by atoms with Crippen LogP contribution in [0.3, 0.4) is 0 Å². The molecule has 4 aromatic rings. The molecule has 2 aromatic heterocycles. The number of ether oxygens (including phenoxy) is 1. The lowest BCUT2D eigenvalue weighted by molar-refractivity contribution is -0.143. The Labute approximate surface area is 222 Å². The van der Waals surface area contributed by atoms with E-state index in [4.69, 9.17) is 10.5 Å². The van der Waals surface area contributed by atoms with Crippen LogP contribution in [-0.2, 0) is 4.79 Å². The fourth-order valence-electron chi connectivity index (χ4n) is 4.76. The van der Waals surface area contributed by atoms with Gasteiger partial charge >= 0.3 is 5.97 Å². The molecule has 0 aliphatic carbocycles. The number of aromatic nitrogens is 3. The minimum atomic E-state index is -1.14. The van der Waals surface area contributed by atoms with Crippen LogP contribution in [0.25, 0.3) is 16.9 Å². The van der Waals surface area contributed by atoms with Crippen LogP contribution in [0.15, 0.2) is 48.9 Å². The number of anilines is 2. The Hall–Kier alpha value is -4.58. The maximum atomic E-state index is 14.8. The monoisotopic (exact) mass is 536 g/mol.